The van der Waals surface area contributed by atoms with Gasteiger partial charge >= 0.3 is 7.12 Å². The molecule has 0 aromatic heterocycles. The van der Waals surface area contributed by atoms with Crippen molar-refractivity contribution in [3.05, 3.63) is 123 Å². The van der Waals surface area contributed by atoms with Gasteiger partial charge in [-0.2, -0.15) is 0 Å². The molecule has 1 heterocycles. The molecule has 0 bridgehead atoms. The summed E-state index contributed by atoms with van der Waals surface area (Å²) >= 11 is 0. The molecule has 10 nitrogen and oxygen atoms in total. The number of carbonyl (C=O) groups is 2. The number of phenolic OH excluding ortho intramolecular Hbond substituents is 1. The van der Waals surface area contributed by atoms with Gasteiger partial charge in [0.1, 0.15) is 23.9 Å². The third kappa shape index (κ3) is 9.85. The van der Waals surface area contributed by atoms with E-state index in [1.807, 2.05) is 52.0 Å². The van der Waals surface area contributed by atoms with Crippen molar-refractivity contribution in [1.82, 2.24) is 5.48 Å². The molecule has 1 atom stereocenters. The number of carbonyl (C=O) groups excluding carboxylic acids is 2. The number of hydrogen-bond acceptors (Lipinski definition) is 8. The van der Waals surface area contributed by atoms with Gasteiger partial charge in [0.2, 0.25) is 10.0 Å². The monoisotopic (exact) mass is 856 g/mol. The molecule has 0 spiro atoms. The number of anilines is 1. The predicted octanol–water partition coefficient (Wildman–Crippen LogP) is 7.96. The van der Waals surface area contributed by atoms with E-state index < -0.39 is 98.6 Å². The van der Waals surface area contributed by atoms with Crippen LogP contribution in [-0.2, 0) is 48.7 Å². The van der Waals surface area contributed by atoms with E-state index >= 15 is 0 Å². The van der Waals surface area contributed by atoms with Crippen molar-refractivity contribution in [2.75, 3.05) is 10.5 Å². The molecule has 4 aromatic carbocycles. The summed E-state index contributed by atoms with van der Waals surface area (Å²) in [6.07, 6.45) is 5.37. The number of nitrogens with one attached hydrogen (secondary N) is 2. The Morgan fingerprint density at radius 2 is 1.43 bits per heavy atom. The van der Waals surface area contributed by atoms with Gasteiger partial charge in [-0.3, -0.25) is 19.1 Å². The van der Waals surface area contributed by atoms with Crippen LogP contribution in [0.15, 0.2) is 66.7 Å². The van der Waals surface area contributed by atoms with Gasteiger partial charge in [-0.1, -0.05) is 73.9 Å². The molecular formula is C43H46BF5N2O8S. The first-order chi connectivity index (χ1) is 28.3. The van der Waals surface area contributed by atoms with Gasteiger partial charge < -0.3 is 14.4 Å². The van der Waals surface area contributed by atoms with Crippen molar-refractivity contribution in [3.8, 4) is 5.75 Å². The lowest BCUT2D eigenvalue weighted by atomic mass is 9.79. The maximum absolute atomic E-state index is 14.6. The number of halogens is 5. The highest BCUT2D eigenvalue weighted by atomic mass is 32.2. The highest BCUT2D eigenvalue weighted by molar-refractivity contribution is 7.93. The second-order valence-electron chi connectivity index (χ2n) is 16.2. The summed E-state index contributed by atoms with van der Waals surface area (Å²) < 4.78 is 111. The Morgan fingerprint density at radius 1 is 0.850 bits per heavy atom. The van der Waals surface area contributed by atoms with Crippen LogP contribution in [0.5, 0.6) is 5.75 Å². The second-order valence-corrected chi connectivity index (χ2v) is 18.0. The van der Waals surface area contributed by atoms with Gasteiger partial charge in [-0.25, -0.2) is 35.8 Å². The Bertz CT molecular complexity index is 2300. The summed E-state index contributed by atoms with van der Waals surface area (Å²) in [7, 11) is -5.60. The van der Waals surface area contributed by atoms with Gasteiger partial charge in [-0.05, 0) is 92.7 Å². The van der Waals surface area contributed by atoms with Crippen LogP contribution in [0.25, 0.3) is 0 Å². The number of aromatic hydroxyl groups is 1. The number of alkyl halides is 1. The molecule has 60 heavy (non-hydrogen) atoms. The summed E-state index contributed by atoms with van der Waals surface area (Å²) in [5.41, 5.74) is 1.00. The normalized spacial score (nSPS) is 17.1. The first-order valence-electron chi connectivity index (χ1n) is 19.5. The third-order valence-corrected chi connectivity index (χ3v) is 12.7. The van der Waals surface area contributed by atoms with Gasteiger partial charge in [-0.15, -0.1) is 0 Å². The number of Topliss-reactive ketones (excluding diaryl/α,β-unsaturated/α-hetero) is 1. The van der Waals surface area contributed by atoms with Crippen molar-refractivity contribution < 1.29 is 59.2 Å². The molecule has 2 aliphatic rings. The fourth-order valence-corrected chi connectivity index (χ4v) is 8.46. The zero-order chi connectivity index (χ0) is 43.6. The fourth-order valence-electron chi connectivity index (χ4n) is 7.33. The number of hydroxylamine groups is 1. The molecule has 1 saturated carbocycles. The smallest absolute Gasteiger partial charge is 0.494 e. The highest BCUT2D eigenvalue weighted by Crippen LogP contribution is 2.37. The van der Waals surface area contributed by atoms with E-state index in [0.29, 0.717) is 17.0 Å². The molecule has 1 saturated heterocycles. The number of sulfonamides is 1. The van der Waals surface area contributed by atoms with E-state index in [1.54, 1.807) is 24.3 Å². The lowest BCUT2D eigenvalue weighted by molar-refractivity contribution is -0.118. The average Bonchev–Trinajstić information content (AvgIpc) is 3.44. The predicted molar refractivity (Wildman–Crippen MR) is 215 cm³/mol. The van der Waals surface area contributed by atoms with Crippen LogP contribution in [0.3, 0.4) is 0 Å². The molecule has 6 rings (SSSR count). The minimum absolute atomic E-state index is 0.0417. The van der Waals surface area contributed by atoms with E-state index in [4.69, 9.17) is 14.1 Å². The highest BCUT2D eigenvalue weighted by Gasteiger charge is 2.51. The summed E-state index contributed by atoms with van der Waals surface area (Å²) in [6.45, 7) is 5.86. The number of rotatable bonds is 15. The molecule has 0 radical (unpaired) electrons. The number of ketones is 1. The topological polar surface area (TPSA) is 140 Å². The lowest BCUT2D eigenvalue weighted by Crippen LogP contribution is -2.41. The van der Waals surface area contributed by atoms with Crippen LogP contribution in [0, 0.1) is 23.3 Å². The maximum Gasteiger partial charge on any atom is 0.494 e. The summed E-state index contributed by atoms with van der Waals surface area (Å²) in [5.74, 6) is -13.4. The molecule has 3 N–H and O–H groups in total. The molecule has 1 aliphatic carbocycles. The van der Waals surface area contributed by atoms with Crippen LogP contribution in [0.2, 0.25) is 0 Å². The van der Waals surface area contributed by atoms with Crippen molar-refractivity contribution in [1.29, 1.82) is 0 Å². The Hall–Kier alpha value is -4.84. The van der Waals surface area contributed by atoms with Crippen LogP contribution >= 0.6 is 0 Å². The van der Waals surface area contributed by atoms with Gasteiger partial charge in [0.15, 0.2) is 29.1 Å². The Morgan fingerprint density at radius 3 is 2.00 bits per heavy atom. The first kappa shape index (κ1) is 44.7. The molecule has 1 amide bonds. The van der Waals surface area contributed by atoms with Gasteiger partial charge in [0.05, 0.1) is 28.9 Å². The SMILES string of the molecule is CC1(C)OB(c2ccc(CONC(=O)c3ccc(C(Cc4ccc(C5CCCCC5)cc4)C(=O)CS(=O)(=O)Nc4c(F)c(F)c(CF)c(F)c4F)cc3O)cc2)OC1(C)C. The van der Waals surface area contributed by atoms with E-state index in [1.165, 1.54) is 23.3 Å². The van der Waals surface area contributed by atoms with E-state index in [0.717, 1.165) is 42.8 Å². The van der Waals surface area contributed by atoms with Crippen LogP contribution in [0.1, 0.15) is 110 Å². The summed E-state index contributed by atoms with van der Waals surface area (Å²) in [6, 6.07) is 18.3. The first-order valence-corrected chi connectivity index (χ1v) is 21.2. The minimum Gasteiger partial charge on any atom is -0.507 e. The van der Waals surface area contributed by atoms with Gasteiger partial charge in [0, 0.05) is 5.92 Å². The molecule has 17 heteroatoms. The van der Waals surface area contributed by atoms with Crippen molar-refractivity contribution in [3.63, 3.8) is 0 Å². The quantitative estimate of drug-likeness (QED) is 0.0474. The largest absolute Gasteiger partial charge is 0.507 e. The average molecular weight is 857 g/mol. The minimum atomic E-state index is -5.04. The number of phenols is 1. The second kappa shape index (κ2) is 18.0. The number of hydrogen-bond donors (Lipinski definition) is 3. The molecule has 1 aliphatic heterocycles. The van der Waals surface area contributed by atoms with Gasteiger partial charge in [0.25, 0.3) is 5.91 Å². The van der Waals surface area contributed by atoms with Crippen LogP contribution < -0.4 is 15.7 Å². The maximum atomic E-state index is 14.6. The standard InChI is InChI=1S/C43H46BF5N2O8S/c1-42(2)43(3,4)59-44(58-42)30-17-12-26(13-18-30)23-57-50-41(54)31-19-16-29(21-34(31)52)32(20-25-10-14-28(15-11-25)27-8-6-5-7-9-27)35(53)24-60(55,56)51-40-38(48)36(46)33(22-45)37(47)39(40)49/h10-19,21,27,32,51-52H,5-9,20,22-24H2,1-4H3,(H,50,54). The van der Waals surface area contributed by atoms with E-state index in [2.05, 4.69) is 5.48 Å². The Kier molecular flexibility index (Phi) is 13.4. The van der Waals surface area contributed by atoms with Crippen molar-refractivity contribution in [2.45, 2.75) is 103 Å². The zero-order valence-electron chi connectivity index (χ0n) is 33.5. The van der Waals surface area contributed by atoms with Crippen molar-refractivity contribution in [2.24, 2.45) is 0 Å². The molecule has 1 unspecified atom stereocenters. The van der Waals surface area contributed by atoms with E-state index in [-0.39, 0.29) is 24.2 Å². The van der Waals surface area contributed by atoms with Crippen molar-refractivity contribution >= 4 is 40.0 Å². The van der Waals surface area contributed by atoms with E-state index in [9.17, 15) is 45.1 Å². The Labute approximate surface area is 346 Å². The third-order valence-electron chi connectivity index (χ3n) is 11.5. The number of benzene rings is 4. The lowest BCUT2D eigenvalue weighted by Gasteiger charge is -2.32. The fraction of sp³-hybridized carbons (Fsp3) is 0.395. The molecule has 2 fully saturated rings. The molecule has 4 aromatic rings. The van der Waals surface area contributed by atoms with Crippen LogP contribution in [-0.4, -0.2) is 49.3 Å². The van der Waals surface area contributed by atoms with Crippen LogP contribution in [0.4, 0.5) is 27.6 Å². The zero-order valence-corrected chi connectivity index (χ0v) is 34.4. The Balaban J connectivity index is 1.17. The number of amides is 1. The molecular weight excluding hydrogens is 810 g/mol. The summed E-state index contributed by atoms with van der Waals surface area (Å²) in [5, 5.41) is 11.0. The molecule has 320 valence electrons. The summed E-state index contributed by atoms with van der Waals surface area (Å²) in [4.78, 5) is 32.3.